The van der Waals surface area contributed by atoms with Gasteiger partial charge in [-0.15, -0.1) is 11.3 Å². The molecular formula is C14H21NO2S2. The van der Waals surface area contributed by atoms with E-state index in [1.165, 1.54) is 10.4 Å². The van der Waals surface area contributed by atoms with Crippen LogP contribution in [-0.4, -0.2) is 35.2 Å². The molecule has 0 saturated carbocycles. The van der Waals surface area contributed by atoms with Crippen LogP contribution in [0.5, 0.6) is 0 Å². The van der Waals surface area contributed by atoms with Crippen molar-refractivity contribution >= 4 is 29.0 Å². The van der Waals surface area contributed by atoms with Crippen molar-refractivity contribution in [2.75, 3.05) is 18.6 Å². The number of rotatable bonds is 5. The number of aryl methyl sites for hydroxylation is 1. The summed E-state index contributed by atoms with van der Waals surface area (Å²) < 4.78 is 0. The number of hydrogen-bond donors (Lipinski definition) is 2. The van der Waals surface area contributed by atoms with Crippen molar-refractivity contribution in [2.45, 2.75) is 37.7 Å². The van der Waals surface area contributed by atoms with E-state index in [0.29, 0.717) is 12.3 Å². The summed E-state index contributed by atoms with van der Waals surface area (Å²) in [5.41, 5.74) is 0.361. The predicted octanol–water partition coefficient (Wildman–Crippen LogP) is 2.40. The third kappa shape index (κ3) is 3.74. The van der Waals surface area contributed by atoms with E-state index in [9.17, 15) is 9.90 Å². The van der Waals surface area contributed by atoms with Gasteiger partial charge in [-0.1, -0.05) is 0 Å². The molecule has 5 heteroatoms. The summed E-state index contributed by atoms with van der Waals surface area (Å²) in [6, 6.07) is 2.07. The van der Waals surface area contributed by atoms with E-state index < -0.39 is 5.60 Å². The lowest BCUT2D eigenvalue weighted by Gasteiger charge is -2.26. The van der Waals surface area contributed by atoms with Crippen molar-refractivity contribution in [1.82, 2.24) is 5.32 Å². The van der Waals surface area contributed by atoms with Crippen molar-refractivity contribution < 1.29 is 9.90 Å². The quantitative estimate of drug-likeness (QED) is 0.878. The Balaban J connectivity index is 1.95. The van der Waals surface area contributed by atoms with Crippen LogP contribution in [0.4, 0.5) is 0 Å². The second-order valence-electron chi connectivity index (χ2n) is 5.39. The van der Waals surface area contributed by atoms with Crippen LogP contribution in [0.3, 0.4) is 0 Å². The average molecular weight is 299 g/mol. The zero-order valence-corrected chi connectivity index (χ0v) is 13.1. The van der Waals surface area contributed by atoms with Gasteiger partial charge in [-0.2, -0.15) is 11.8 Å². The maximum absolute atomic E-state index is 12.3. The summed E-state index contributed by atoms with van der Waals surface area (Å²) in [6.45, 7) is 2.09. The van der Waals surface area contributed by atoms with E-state index in [2.05, 4.69) is 16.8 Å². The van der Waals surface area contributed by atoms with Crippen LogP contribution < -0.4 is 5.32 Å². The molecule has 19 heavy (non-hydrogen) atoms. The highest BCUT2D eigenvalue weighted by molar-refractivity contribution is 7.98. The fraction of sp³-hybridized carbons (Fsp3) is 0.643. The van der Waals surface area contributed by atoms with Gasteiger partial charge in [0.25, 0.3) is 0 Å². The zero-order valence-electron chi connectivity index (χ0n) is 11.4. The molecule has 2 atom stereocenters. The molecule has 3 nitrogen and oxygen atoms in total. The van der Waals surface area contributed by atoms with Gasteiger partial charge in [-0.05, 0) is 49.5 Å². The molecule has 1 heterocycles. The maximum atomic E-state index is 12.3. The minimum absolute atomic E-state index is 0.0277. The molecule has 106 valence electrons. The Morgan fingerprint density at radius 1 is 1.68 bits per heavy atom. The number of thioether (sulfide) groups is 1. The van der Waals surface area contributed by atoms with Gasteiger partial charge < -0.3 is 10.4 Å². The van der Waals surface area contributed by atoms with Crippen LogP contribution in [-0.2, 0) is 11.2 Å². The molecule has 2 unspecified atom stereocenters. The van der Waals surface area contributed by atoms with Crippen molar-refractivity contribution in [3.63, 3.8) is 0 Å². The maximum Gasteiger partial charge on any atom is 0.227 e. The van der Waals surface area contributed by atoms with Crippen LogP contribution >= 0.6 is 23.1 Å². The number of nitrogens with one attached hydrogen (secondary N) is 1. The monoisotopic (exact) mass is 299 g/mol. The van der Waals surface area contributed by atoms with Gasteiger partial charge >= 0.3 is 0 Å². The molecule has 2 rings (SSSR count). The number of carbonyl (C=O) groups excluding carboxylic acids is 1. The Bertz CT molecular complexity index is 442. The zero-order chi connectivity index (χ0) is 13.9. The number of carbonyl (C=O) groups is 1. The Morgan fingerprint density at radius 3 is 3.21 bits per heavy atom. The van der Waals surface area contributed by atoms with Gasteiger partial charge in [0.2, 0.25) is 5.91 Å². The number of amides is 1. The number of hydrogen-bond acceptors (Lipinski definition) is 4. The fourth-order valence-corrected chi connectivity index (χ4v) is 4.23. The first kappa shape index (κ1) is 14.9. The average Bonchev–Trinajstić information content (AvgIpc) is 2.84. The molecule has 1 aliphatic rings. The predicted molar refractivity (Wildman–Crippen MR) is 82.0 cm³/mol. The van der Waals surface area contributed by atoms with Crippen LogP contribution in [0.25, 0.3) is 0 Å². The van der Waals surface area contributed by atoms with Crippen LogP contribution in [0.1, 0.15) is 36.1 Å². The summed E-state index contributed by atoms with van der Waals surface area (Å²) in [5, 5.41) is 15.1. The van der Waals surface area contributed by atoms with Gasteiger partial charge in [-0.25, -0.2) is 0 Å². The number of fused-ring (bicyclic) bond motifs is 1. The number of thiophene rings is 1. The van der Waals surface area contributed by atoms with E-state index in [4.69, 9.17) is 0 Å². The van der Waals surface area contributed by atoms with Gasteiger partial charge in [0, 0.05) is 17.2 Å². The first-order valence-corrected chi connectivity index (χ1v) is 8.86. The van der Waals surface area contributed by atoms with E-state index in [-0.39, 0.29) is 11.8 Å². The van der Waals surface area contributed by atoms with Crippen LogP contribution in [0.15, 0.2) is 11.4 Å². The molecule has 0 bridgehead atoms. The molecule has 0 aromatic carbocycles. The van der Waals surface area contributed by atoms with E-state index in [1.807, 2.05) is 6.26 Å². The largest absolute Gasteiger partial charge is 0.387 e. The third-order valence-corrected chi connectivity index (χ3v) is 5.37. The molecular weight excluding hydrogens is 278 g/mol. The standard InChI is InChI=1S/C14H21NO2S2/c1-14(17,9-18-2)8-15-13(16)11-4-3-5-12-10(11)6-7-19-12/h6-7,11,17H,3-5,8-9H2,1-2H3,(H,15,16). The van der Waals surface area contributed by atoms with Crippen LogP contribution in [0.2, 0.25) is 0 Å². The molecule has 0 fully saturated rings. The smallest absolute Gasteiger partial charge is 0.227 e. The lowest BCUT2D eigenvalue weighted by Crippen LogP contribution is -2.44. The van der Waals surface area contributed by atoms with Crippen molar-refractivity contribution in [1.29, 1.82) is 0 Å². The summed E-state index contributed by atoms with van der Waals surface area (Å²) >= 11 is 3.33. The van der Waals surface area contributed by atoms with E-state index in [1.54, 1.807) is 30.0 Å². The second-order valence-corrected chi connectivity index (χ2v) is 7.26. The number of aliphatic hydroxyl groups is 1. The van der Waals surface area contributed by atoms with Crippen molar-refractivity contribution in [2.24, 2.45) is 0 Å². The first-order valence-electron chi connectivity index (χ1n) is 6.59. The molecule has 0 aliphatic heterocycles. The van der Waals surface area contributed by atoms with Gasteiger partial charge in [0.1, 0.15) is 0 Å². The Kier molecular flexibility index (Phi) is 4.92. The molecule has 0 radical (unpaired) electrons. The summed E-state index contributed by atoms with van der Waals surface area (Å²) in [5.74, 6) is 0.655. The molecule has 0 spiro atoms. The highest BCUT2D eigenvalue weighted by Crippen LogP contribution is 2.35. The lowest BCUT2D eigenvalue weighted by molar-refractivity contribution is -0.123. The minimum atomic E-state index is -0.832. The Labute approximate surface area is 122 Å². The van der Waals surface area contributed by atoms with Crippen molar-refractivity contribution in [3.8, 4) is 0 Å². The lowest BCUT2D eigenvalue weighted by atomic mass is 9.87. The molecule has 1 aromatic heterocycles. The normalized spacial score (nSPS) is 21.5. The van der Waals surface area contributed by atoms with Gasteiger partial charge in [0.05, 0.1) is 11.5 Å². The molecule has 0 saturated heterocycles. The van der Waals surface area contributed by atoms with Gasteiger partial charge in [-0.3, -0.25) is 4.79 Å². The van der Waals surface area contributed by atoms with Crippen molar-refractivity contribution in [3.05, 3.63) is 21.9 Å². The summed E-state index contributed by atoms with van der Waals surface area (Å²) in [4.78, 5) is 13.6. The van der Waals surface area contributed by atoms with Crippen LogP contribution in [0, 0.1) is 0 Å². The SMILES string of the molecule is CSCC(C)(O)CNC(=O)C1CCCc2sccc21. The van der Waals surface area contributed by atoms with E-state index in [0.717, 1.165) is 19.3 Å². The Morgan fingerprint density at radius 2 is 2.47 bits per heavy atom. The fourth-order valence-electron chi connectivity index (χ4n) is 2.52. The highest BCUT2D eigenvalue weighted by atomic mass is 32.2. The molecule has 1 aliphatic carbocycles. The Hall–Kier alpha value is -0.520. The summed E-state index contributed by atoms with van der Waals surface area (Å²) in [6.07, 6.45) is 5.04. The highest BCUT2D eigenvalue weighted by Gasteiger charge is 2.29. The second kappa shape index (κ2) is 6.29. The van der Waals surface area contributed by atoms with Gasteiger partial charge in [0.15, 0.2) is 0 Å². The molecule has 1 aromatic rings. The minimum Gasteiger partial charge on any atom is -0.387 e. The molecule has 2 N–H and O–H groups in total. The van der Waals surface area contributed by atoms with E-state index >= 15 is 0 Å². The first-order chi connectivity index (χ1) is 9.03. The topological polar surface area (TPSA) is 49.3 Å². The third-order valence-electron chi connectivity index (χ3n) is 3.47. The summed E-state index contributed by atoms with van der Waals surface area (Å²) in [7, 11) is 0. The molecule has 1 amide bonds.